The van der Waals surface area contributed by atoms with Crippen LogP contribution < -0.4 is 19.7 Å². The van der Waals surface area contributed by atoms with Gasteiger partial charge in [0.15, 0.2) is 11.5 Å². The Kier molecular flexibility index (Phi) is 5.45. The van der Waals surface area contributed by atoms with Crippen molar-refractivity contribution < 1.29 is 23.5 Å². The second-order valence-corrected chi connectivity index (χ2v) is 8.02. The molecule has 1 aliphatic heterocycles. The summed E-state index contributed by atoms with van der Waals surface area (Å²) in [6.07, 6.45) is 3.75. The number of carbonyl (C=O) groups is 2. The number of para-hydroxylation sites is 1. The minimum Gasteiger partial charge on any atom is -0.493 e. The number of hydrogen-bond acceptors (Lipinski definition) is 6. The van der Waals surface area contributed by atoms with E-state index in [1.54, 1.807) is 60.5 Å². The summed E-state index contributed by atoms with van der Waals surface area (Å²) in [4.78, 5) is 28.2. The van der Waals surface area contributed by atoms with Crippen molar-refractivity contribution in [2.45, 2.75) is 12.5 Å². The number of benzene rings is 2. The minimum atomic E-state index is -0.310. The van der Waals surface area contributed by atoms with E-state index in [0.29, 0.717) is 46.9 Å². The van der Waals surface area contributed by atoms with Gasteiger partial charge in [-0.2, -0.15) is 5.10 Å². The van der Waals surface area contributed by atoms with E-state index in [0.717, 1.165) is 11.1 Å². The number of furan rings is 1. The van der Waals surface area contributed by atoms with Crippen molar-refractivity contribution in [2.75, 3.05) is 25.7 Å². The van der Waals surface area contributed by atoms with Gasteiger partial charge in [0.25, 0.3) is 11.8 Å². The van der Waals surface area contributed by atoms with Crippen LogP contribution >= 0.6 is 0 Å². The van der Waals surface area contributed by atoms with E-state index >= 15 is 0 Å². The van der Waals surface area contributed by atoms with E-state index in [4.69, 9.17) is 13.9 Å². The van der Waals surface area contributed by atoms with Crippen LogP contribution in [0.15, 0.2) is 59.3 Å². The summed E-state index contributed by atoms with van der Waals surface area (Å²) in [7, 11) is 4.88. The molecule has 4 aromatic rings. The first-order chi connectivity index (χ1) is 16.5. The van der Waals surface area contributed by atoms with E-state index in [-0.39, 0.29) is 17.9 Å². The van der Waals surface area contributed by atoms with Gasteiger partial charge in [0, 0.05) is 24.5 Å². The van der Waals surface area contributed by atoms with E-state index in [1.807, 2.05) is 18.2 Å². The summed E-state index contributed by atoms with van der Waals surface area (Å²) in [6, 6.07) is 12.0. The van der Waals surface area contributed by atoms with Crippen molar-refractivity contribution >= 4 is 28.5 Å². The zero-order valence-electron chi connectivity index (χ0n) is 19.1. The monoisotopic (exact) mass is 460 g/mol. The number of aryl methyl sites for hydroxylation is 1. The molecule has 9 nitrogen and oxygen atoms in total. The molecule has 2 aromatic carbocycles. The molecule has 5 rings (SSSR count). The van der Waals surface area contributed by atoms with E-state index in [1.165, 1.54) is 7.11 Å². The molecule has 0 aliphatic carbocycles. The normalized spacial score (nSPS) is 15.1. The lowest BCUT2D eigenvalue weighted by molar-refractivity contribution is 0.0932. The molecule has 9 heteroatoms. The Balaban J connectivity index is 1.42. The second-order valence-electron chi connectivity index (χ2n) is 8.02. The summed E-state index contributed by atoms with van der Waals surface area (Å²) < 4.78 is 17.8. The summed E-state index contributed by atoms with van der Waals surface area (Å²) in [5, 5.41) is 8.33. The lowest BCUT2D eigenvalue weighted by Crippen LogP contribution is -2.41. The molecule has 0 bridgehead atoms. The number of fused-ring (bicyclic) bond motifs is 2. The average molecular weight is 460 g/mol. The van der Waals surface area contributed by atoms with Crippen molar-refractivity contribution in [3.63, 3.8) is 0 Å². The number of hydrogen-bond donors (Lipinski definition) is 1. The third-order valence-electron chi connectivity index (χ3n) is 6.13. The summed E-state index contributed by atoms with van der Waals surface area (Å²) in [6.45, 7) is 0.418. The van der Waals surface area contributed by atoms with Crippen LogP contribution in [0, 0.1) is 0 Å². The van der Waals surface area contributed by atoms with Crippen LogP contribution in [0.2, 0.25) is 0 Å². The number of anilines is 1. The maximum Gasteiger partial charge on any atom is 0.258 e. The van der Waals surface area contributed by atoms with Gasteiger partial charge in [-0.05, 0) is 36.8 Å². The molecule has 174 valence electrons. The van der Waals surface area contributed by atoms with Crippen molar-refractivity contribution in [2.24, 2.45) is 7.05 Å². The minimum absolute atomic E-state index is 0.180. The number of methoxy groups -OCH3 is 2. The van der Waals surface area contributed by atoms with Crippen LogP contribution in [0.1, 0.15) is 38.9 Å². The summed E-state index contributed by atoms with van der Waals surface area (Å²) >= 11 is 0. The predicted molar refractivity (Wildman–Crippen MR) is 125 cm³/mol. The SMILES string of the molecule is COc1ccc(C(=O)N2CCC(NC(=O)c3cccc4ccoc34)c3c2cnn3C)cc1OC. The second kappa shape index (κ2) is 8.58. The summed E-state index contributed by atoms with van der Waals surface area (Å²) in [5.41, 5.74) is 2.91. The van der Waals surface area contributed by atoms with Crippen molar-refractivity contribution in [1.82, 2.24) is 15.1 Å². The molecule has 0 radical (unpaired) electrons. The zero-order chi connectivity index (χ0) is 23.8. The van der Waals surface area contributed by atoms with Gasteiger partial charge in [-0.25, -0.2) is 0 Å². The molecular formula is C25H24N4O5. The highest BCUT2D eigenvalue weighted by atomic mass is 16.5. The van der Waals surface area contributed by atoms with Crippen LogP contribution in [-0.4, -0.2) is 42.4 Å². The number of ether oxygens (including phenoxy) is 2. The number of amides is 2. The standard InChI is InChI=1S/C25H24N4O5/c1-28-22-18(27-24(30)17-6-4-5-15-10-12-34-23(15)17)9-11-29(19(22)14-26-28)25(31)16-7-8-20(32-2)21(13-16)33-3/h4-8,10,12-14,18H,9,11H2,1-3H3,(H,27,30). The van der Waals surface area contributed by atoms with E-state index in [9.17, 15) is 9.59 Å². The lowest BCUT2D eigenvalue weighted by Gasteiger charge is -2.32. The van der Waals surface area contributed by atoms with Crippen LogP contribution in [0.5, 0.6) is 11.5 Å². The highest BCUT2D eigenvalue weighted by Gasteiger charge is 2.34. The molecule has 1 unspecified atom stereocenters. The Labute approximate surface area is 195 Å². The molecule has 1 aliphatic rings. The van der Waals surface area contributed by atoms with E-state index < -0.39 is 0 Å². The Morgan fingerprint density at radius 3 is 2.74 bits per heavy atom. The molecule has 34 heavy (non-hydrogen) atoms. The number of nitrogens with zero attached hydrogens (tertiary/aromatic N) is 3. The molecule has 0 fully saturated rings. The summed E-state index contributed by atoms with van der Waals surface area (Å²) in [5.74, 6) is 0.612. The fraction of sp³-hybridized carbons (Fsp3) is 0.240. The first-order valence-corrected chi connectivity index (χ1v) is 10.8. The Hall–Kier alpha value is -4.27. The molecule has 2 amide bonds. The number of rotatable bonds is 5. The maximum atomic E-state index is 13.4. The zero-order valence-corrected chi connectivity index (χ0v) is 19.1. The van der Waals surface area contributed by atoms with Crippen molar-refractivity contribution in [3.8, 4) is 11.5 Å². The quantitative estimate of drug-likeness (QED) is 0.488. The highest BCUT2D eigenvalue weighted by Crippen LogP contribution is 2.36. The van der Waals surface area contributed by atoms with Crippen LogP contribution in [0.3, 0.4) is 0 Å². The number of carbonyl (C=O) groups excluding carboxylic acids is 2. The largest absolute Gasteiger partial charge is 0.493 e. The van der Waals surface area contributed by atoms with Crippen molar-refractivity contribution in [1.29, 1.82) is 0 Å². The van der Waals surface area contributed by atoms with Gasteiger partial charge in [-0.1, -0.05) is 12.1 Å². The van der Waals surface area contributed by atoms with Crippen LogP contribution in [0.4, 0.5) is 5.69 Å². The van der Waals surface area contributed by atoms with Crippen molar-refractivity contribution in [3.05, 3.63) is 71.7 Å². The molecule has 0 saturated carbocycles. The molecule has 0 spiro atoms. The van der Waals surface area contributed by atoms with Gasteiger partial charge in [-0.15, -0.1) is 0 Å². The highest BCUT2D eigenvalue weighted by molar-refractivity contribution is 6.07. The Morgan fingerprint density at radius 1 is 1.12 bits per heavy atom. The predicted octanol–water partition coefficient (Wildman–Crippen LogP) is 3.71. The average Bonchev–Trinajstić information content (AvgIpc) is 3.50. The fourth-order valence-corrected chi connectivity index (χ4v) is 4.45. The lowest BCUT2D eigenvalue weighted by atomic mass is 10.0. The smallest absolute Gasteiger partial charge is 0.258 e. The number of nitrogens with one attached hydrogen (secondary N) is 1. The molecular weight excluding hydrogens is 436 g/mol. The van der Waals surface area contributed by atoms with Gasteiger partial charge in [-0.3, -0.25) is 14.3 Å². The topological polar surface area (TPSA) is 98.8 Å². The van der Waals surface area contributed by atoms with Gasteiger partial charge in [0.1, 0.15) is 5.58 Å². The molecule has 1 N–H and O–H groups in total. The molecule has 1 atom stereocenters. The first-order valence-electron chi connectivity index (χ1n) is 10.8. The van der Waals surface area contributed by atoms with Gasteiger partial charge >= 0.3 is 0 Å². The number of aromatic nitrogens is 2. The molecule has 0 saturated heterocycles. The molecule has 3 heterocycles. The molecule has 2 aromatic heterocycles. The maximum absolute atomic E-state index is 13.4. The Bertz CT molecular complexity index is 1390. The van der Waals surface area contributed by atoms with Crippen LogP contribution in [-0.2, 0) is 7.05 Å². The van der Waals surface area contributed by atoms with Gasteiger partial charge in [0.2, 0.25) is 0 Å². The van der Waals surface area contributed by atoms with Gasteiger partial charge < -0.3 is 24.1 Å². The Morgan fingerprint density at radius 2 is 1.94 bits per heavy atom. The van der Waals surface area contributed by atoms with E-state index in [2.05, 4.69) is 10.4 Å². The van der Waals surface area contributed by atoms with Gasteiger partial charge in [0.05, 0.1) is 49.7 Å². The van der Waals surface area contributed by atoms with Crippen LogP contribution in [0.25, 0.3) is 11.0 Å². The first kappa shape index (κ1) is 21.6. The third-order valence-corrected chi connectivity index (χ3v) is 6.13. The fourth-order valence-electron chi connectivity index (χ4n) is 4.45. The third kappa shape index (κ3) is 3.55.